The molecule has 1 atom stereocenters. The van der Waals surface area contributed by atoms with Crippen LogP contribution < -0.4 is 25.3 Å². The maximum atomic E-state index is 12.2. The lowest BCUT2D eigenvalue weighted by Gasteiger charge is -2.16. The molecule has 0 aliphatic carbocycles. The lowest BCUT2D eigenvalue weighted by molar-refractivity contribution is -0.122. The SMILES string of the molecule is COc1cc(CNC(=O)C(N)c2ccccc2)cc(OC)c1OC. The van der Waals surface area contributed by atoms with Gasteiger partial charge in [-0.2, -0.15) is 0 Å². The van der Waals surface area contributed by atoms with Crippen LogP contribution in [0.3, 0.4) is 0 Å². The van der Waals surface area contributed by atoms with Crippen molar-refractivity contribution in [2.24, 2.45) is 5.73 Å². The average molecular weight is 330 g/mol. The molecule has 128 valence electrons. The smallest absolute Gasteiger partial charge is 0.241 e. The normalized spacial score (nSPS) is 11.5. The van der Waals surface area contributed by atoms with Crippen molar-refractivity contribution in [3.05, 3.63) is 53.6 Å². The molecule has 1 amide bonds. The lowest BCUT2D eigenvalue weighted by Crippen LogP contribution is -2.33. The third-order valence-electron chi connectivity index (χ3n) is 3.63. The summed E-state index contributed by atoms with van der Waals surface area (Å²) in [5.74, 6) is 1.33. The van der Waals surface area contributed by atoms with Crippen molar-refractivity contribution in [2.45, 2.75) is 12.6 Å². The van der Waals surface area contributed by atoms with Crippen molar-refractivity contribution in [1.82, 2.24) is 5.32 Å². The van der Waals surface area contributed by atoms with Crippen LogP contribution in [0.15, 0.2) is 42.5 Å². The number of benzene rings is 2. The molecule has 0 aliphatic rings. The van der Waals surface area contributed by atoms with Crippen molar-refractivity contribution in [3.8, 4) is 17.2 Å². The number of ether oxygens (including phenoxy) is 3. The highest BCUT2D eigenvalue weighted by Crippen LogP contribution is 2.38. The molecule has 0 spiro atoms. The number of methoxy groups -OCH3 is 3. The zero-order chi connectivity index (χ0) is 17.5. The fourth-order valence-corrected chi connectivity index (χ4v) is 2.35. The minimum Gasteiger partial charge on any atom is -0.493 e. The number of hydrogen-bond acceptors (Lipinski definition) is 5. The molecule has 1 unspecified atom stereocenters. The highest BCUT2D eigenvalue weighted by Gasteiger charge is 2.17. The zero-order valence-electron chi connectivity index (χ0n) is 14.0. The Morgan fingerprint density at radius 1 is 1.04 bits per heavy atom. The summed E-state index contributed by atoms with van der Waals surface area (Å²) in [6.07, 6.45) is 0. The summed E-state index contributed by atoms with van der Waals surface area (Å²) < 4.78 is 15.9. The molecule has 2 rings (SSSR count). The van der Waals surface area contributed by atoms with Gasteiger partial charge in [0.05, 0.1) is 21.3 Å². The number of hydrogen-bond donors (Lipinski definition) is 2. The van der Waals surface area contributed by atoms with Crippen LogP contribution in [0.1, 0.15) is 17.2 Å². The molecule has 0 fully saturated rings. The number of nitrogens with one attached hydrogen (secondary N) is 1. The number of carbonyl (C=O) groups is 1. The summed E-state index contributed by atoms with van der Waals surface area (Å²) in [4.78, 5) is 12.2. The molecule has 0 saturated heterocycles. The molecular formula is C18H22N2O4. The summed E-state index contributed by atoms with van der Waals surface area (Å²) in [6.45, 7) is 0.302. The third-order valence-corrected chi connectivity index (χ3v) is 3.63. The van der Waals surface area contributed by atoms with Crippen molar-refractivity contribution in [2.75, 3.05) is 21.3 Å². The molecule has 0 heterocycles. The van der Waals surface area contributed by atoms with Crippen molar-refractivity contribution >= 4 is 5.91 Å². The van der Waals surface area contributed by atoms with Gasteiger partial charge < -0.3 is 25.3 Å². The van der Waals surface area contributed by atoms with Gasteiger partial charge in [0.15, 0.2) is 11.5 Å². The molecule has 2 aromatic rings. The summed E-state index contributed by atoms with van der Waals surface area (Å²) in [7, 11) is 4.64. The van der Waals surface area contributed by atoms with Gasteiger partial charge in [0.2, 0.25) is 11.7 Å². The zero-order valence-corrected chi connectivity index (χ0v) is 14.0. The number of rotatable bonds is 7. The predicted octanol–water partition coefficient (Wildman–Crippen LogP) is 2.03. The second-order valence-electron chi connectivity index (χ2n) is 5.14. The van der Waals surface area contributed by atoms with E-state index >= 15 is 0 Å². The van der Waals surface area contributed by atoms with Gasteiger partial charge in [-0.25, -0.2) is 0 Å². The molecule has 3 N–H and O–H groups in total. The van der Waals surface area contributed by atoms with E-state index in [-0.39, 0.29) is 5.91 Å². The van der Waals surface area contributed by atoms with Crippen LogP contribution in [-0.2, 0) is 11.3 Å². The van der Waals surface area contributed by atoms with Crippen molar-refractivity contribution in [1.29, 1.82) is 0 Å². The van der Waals surface area contributed by atoms with Gasteiger partial charge in [0.1, 0.15) is 6.04 Å². The monoisotopic (exact) mass is 330 g/mol. The fraction of sp³-hybridized carbons (Fsp3) is 0.278. The summed E-state index contributed by atoms with van der Waals surface area (Å²) in [6, 6.07) is 12.1. The Morgan fingerprint density at radius 2 is 1.62 bits per heavy atom. The molecule has 2 aromatic carbocycles. The van der Waals surface area contributed by atoms with E-state index in [9.17, 15) is 4.79 Å². The number of amides is 1. The van der Waals surface area contributed by atoms with E-state index in [0.29, 0.717) is 23.8 Å². The minimum atomic E-state index is -0.715. The largest absolute Gasteiger partial charge is 0.493 e. The first kappa shape index (κ1) is 17.6. The second kappa shape index (κ2) is 8.21. The van der Waals surface area contributed by atoms with E-state index in [1.807, 2.05) is 30.3 Å². The molecule has 0 bridgehead atoms. The Morgan fingerprint density at radius 3 is 2.12 bits per heavy atom. The van der Waals surface area contributed by atoms with Gasteiger partial charge in [-0.15, -0.1) is 0 Å². The second-order valence-corrected chi connectivity index (χ2v) is 5.14. The maximum Gasteiger partial charge on any atom is 0.241 e. The molecule has 0 saturated carbocycles. The van der Waals surface area contributed by atoms with Gasteiger partial charge >= 0.3 is 0 Å². The highest BCUT2D eigenvalue weighted by atomic mass is 16.5. The summed E-state index contributed by atoms with van der Waals surface area (Å²) in [5.41, 5.74) is 7.56. The van der Waals surface area contributed by atoms with Crippen molar-refractivity contribution in [3.63, 3.8) is 0 Å². The predicted molar refractivity (Wildman–Crippen MR) is 91.3 cm³/mol. The van der Waals surface area contributed by atoms with E-state index in [4.69, 9.17) is 19.9 Å². The summed E-state index contributed by atoms with van der Waals surface area (Å²) in [5, 5.41) is 2.82. The van der Waals surface area contributed by atoms with E-state index < -0.39 is 6.04 Å². The van der Waals surface area contributed by atoms with Crippen LogP contribution in [-0.4, -0.2) is 27.2 Å². The Labute approximate surface area is 141 Å². The van der Waals surface area contributed by atoms with Crippen LogP contribution in [0, 0.1) is 0 Å². The molecule has 0 radical (unpaired) electrons. The quantitative estimate of drug-likeness (QED) is 0.812. The van der Waals surface area contributed by atoms with E-state index in [2.05, 4.69) is 5.32 Å². The van der Waals surface area contributed by atoms with Crippen LogP contribution in [0.5, 0.6) is 17.2 Å². The first-order valence-corrected chi connectivity index (χ1v) is 7.47. The van der Waals surface area contributed by atoms with Gasteiger partial charge in [0, 0.05) is 6.54 Å². The minimum absolute atomic E-state index is 0.255. The highest BCUT2D eigenvalue weighted by molar-refractivity contribution is 5.82. The molecule has 0 aliphatic heterocycles. The Bertz CT molecular complexity index is 664. The molecule has 6 nitrogen and oxygen atoms in total. The standard InChI is InChI=1S/C18H22N2O4/c1-22-14-9-12(10-15(23-2)17(14)24-3)11-20-18(21)16(19)13-7-5-4-6-8-13/h4-10,16H,11,19H2,1-3H3,(H,20,21). The van der Waals surface area contributed by atoms with Crippen LogP contribution in [0.25, 0.3) is 0 Å². The first-order valence-electron chi connectivity index (χ1n) is 7.47. The maximum absolute atomic E-state index is 12.2. The van der Waals surface area contributed by atoms with E-state index in [1.165, 1.54) is 0 Å². The van der Waals surface area contributed by atoms with E-state index in [0.717, 1.165) is 11.1 Å². The van der Waals surface area contributed by atoms with E-state index in [1.54, 1.807) is 33.5 Å². The van der Waals surface area contributed by atoms with Gasteiger partial charge in [-0.05, 0) is 23.3 Å². The Balaban J connectivity index is 2.10. The van der Waals surface area contributed by atoms with Gasteiger partial charge in [-0.3, -0.25) is 4.79 Å². The van der Waals surface area contributed by atoms with Crippen LogP contribution >= 0.6 is 0 Å². The Kier molecular flexibility index (Phi) is 6.03. The molecule has 6 heteroatoms. The molecular weight excluding hydrogens is 308 g/mol. The van der Waals surface area contributed by atoms with Crippen molar-refractivity contribution < 1.29 is 19.0 Å². The Hall–Kier alpha value is -2.73. The topological polar surface area (TPSA) is 82.8 Å². The molecule has 24 heavy (non-hydrogen) atoms. The molecule has 0 aromatic heterocycles. The number of carbonyl (C=O) groups excluding carboxylic acids is 1. The average Bonchev–Trinajstić information content (AvgIpc) is 2.65. The van der Waals surface area contributed by atoms with Gasteiger partial charge in [0.25, 0.3) is 0 Å². The van der Waals surface area contributed by atoms with Crippen LogP contribution in [0.2, 0.25) is 0 Å². The van der Waals surface area contributed by atoms with Crippen LogP contribution in [0.4, 0.5) is 0 Å². The van der Waals surface area contributed by atoms with Gasteiger partial charge in [-0.1, -0.05) is 30.3 Å². The number of nitrogens with two attached hydrogens (primary N) is 1. The summed E-state index contributed by atoms with van der Waals surface area (Å²) >= 11 is 0. The third kappa shape index (κ3) is 3.97. The lowest BCUT2D eigenvalue weighted by atomic mass is 10.1. The first-order chi connectivity index (χ1) is 11.6. The fourth-order valence-electron chi connectivity index (χ4n) is 2.35.